The molecular formula is C27H29N3O3. The van der Waals surface area contributed by atoms with Gasteiger partial charge in [-0.05, 0) is 49.7 Å². The highest BCUT2D eigenvalue weighted by Gasteiger charge is 2.11. The number of ether oxygens (including phenoxy) is 2. The van der Waals surface area contributed by atoms with Crippen LogP contribution in [-0.2, 0) is 17.8 Å². The molecule has 170 valence electrons. The van der Waals surface area contributed by atoms with Crippen molar-refractivity contribution in [1.29, 1.82) is 0 Å². The average molecular weight is 444 g/mol. The van der Waals surface area contributed by atoms with Gasteiger partial charge in [-0.3, -0.25) is 4.79 Å². The Morgan fingerprint density at radius 1 is 0.909 bits per heavy atom. The van der Waals surface area contributed by atoms with Gasteiger partial charge in [0.05, 0.1) is 17.6 Å². The maximum atomic E-state index is 12.2. The fourth-order valence-corrected chi connectivity index (χ4v) is 3.64. The van der Waals surface area contributed by atoms with Crippen LogP contribution in [0.2, 0.25) is 0 Å². The number of aromatic nitrogens is 2. The summed E-state index contributed by atoms with van der Waals surface area (Å²) in [5.74, 6) is 2.38. The van der Waals surface area contributed by atoms with Gasteiger partial charge in [0.25, 0.3) is 5.91 Å². The molecule has 1 heterocycles. The molecule has 6 heteroatoms. The lowest BCUT2D eigenvalue weighted by molar-refractivity contribution is -0.123. The smallest absolute Gasteiger partial charge is 0.257 e. The van der Waals surface area contributed by atoms with E-state index in [1.807, 2.05) is 60.7 Å². The summed E-state index contributed by atoms with van der Waals surface area (Å²) in [4.78, 5) is 16.9. The molecular weight excluding hydrogens is 414 g/mol. The zero-order valence-corrected chi connectivity index (χ0v) is 18.9. The normalized spacial score (nSPS) is 10.8. The zero-order valence-electron chi connectivity index (χ0n) is 18.9. The van der Waals surface area contributed by atoms with Gasteiger partial charge in [0.15, 0.2) is 6.61 Å². The molecule has 4 aromatic rings. The van der Waals surface area contributed by atoms with Gasteiger partial charge in [-0.2, -0.15) is 0 Å². The van der Waals surface area contributed by atoms with Gasteiger partial charge in [0, 0.05) is 19.5 Å². The molecule has 0 fully saturated rings. The second-order valence-electron chi connectivity index (χ2n) is 7.89. The molecule has 3 aromatic carbocycles. The van der Waals surface area contributed by atoms with Crippen molar-refractivity contribution < 1.29 is 14.3 Å². The maximum absolute atomic E-state index is 12.2. The number of fused-ring (bicyclic) bond motifs is 1. The highest BCUT2D eigenvalue weighted by Crippen LogP contribution is 2.18. The highest BCUT2D eigenvalue weighted by atomic mass is 16.5. The lowest BCUT2D eigenvalue weighted by atomic mass is 10.2. The number of nitrogens with zero attached hydrogens (tertiary/aromatic N) is 2. The fraction of sp³-hybridized carbons (Fsp3) is 0.259. The Kier molecular flexibility index (Phi) is 7.59. The van der Waals surface area contributed by atoms with E-state index < -0.39 is 0 Å². The first-order valence-corrected chi connectivity index (χ1v) is 11.3. The van der Waals surface area contributed by atoms with E-state index in [0.29, 0.717) is 25.3 Å². The second kappa shape index (κ2) is 11.2. The number of carbonyl (C=O) groups is 1. The minimum absolute atomic E-state index is 0.00320. The second-order valence-corrected chi connectivity index (χ2v) is 7.89. The summed E-state index contributed by atoms with van der Waals surface area (Å²) in [5, 5.41) is 2.92. The molecule has 0 unspecified atom stereocenters. The van der Waals surface area contributed by atoms with Crippen molar-refractivity contribution in [2.45, 2.75) is 26.3 Å². The number of aryl methyl sites for hydroxylation is 2. The minimum Gasteiger partial charge on any atom is -0.494 e. The maximum Gasteiger partial charge on any atom is 0.257 e. The molecule has 0 radical (unpaired) electrons. The Morgan fingerprint density at radius 2 is 1.64 bits per heavy atom. The first kappa shape index (κ1) is 22.4. The number of benzene rings is 3. The van der Waals surface area contributed by atoms with Crippen LogP contribution in [0.3, 0.4) is 0 Å². The predicted molar refractivity (Wildman–Crippen MR) is 130 cm³/mol. The van der Waals surface area contributed by atoms with Crippen molar-refractivity contribution in [1.82, 2.24) is 14.9 Å². The van der Waals surface area contributed by atoms with Crippen molar-refractivity contribution in [3.05, 3.63) is 90.3 Å². The van der Waals surface area contributed by atoms with Crippen molar-refractivity contribution in [2.24, 2.45) is 0 Å². The molecule has 1 aromatic heterocycles. The molecule has 0 atom stereocenters. The molecule has 0 aliphatic carbocycles. The van der Waals surface area contributed by atoms with E-state index in [-0.39, 0.29) is 12.5 Å². The third-order valence-electron chi connectivity index (χ3n) is 5.33. The van der Waals surface area contributed by atoms with Crippen LogP contribution in [0.15, 0.2) is 78.9 Å². The first-order valence-electron chi connectivity index (χ1n) is 11.3. The quantitative estimate of drug-likeness (QED) is 0.345. The van der Waals surface area contributed by atoms with Crippen LogP contribution in [0.4, 0.5) is 0 Å². The number of carbonyl (C=O) groups excluding carboxylic acids is 1. The van der Waals surface area contributed by atoms with E-state index in [0.717, 1.165) is 35.6 Å². The summed E-state index contributed by atoms with van der Waals surface area (Å²) < 4.78 is 13.6. The average Bonchev–Trinajstić information content (AvgIpc) is 3.19. The Hall–Kier alpha value is -3.80. The number of para-hydroxylation sites is 3. The van der Waals surface area contributed by atoms with Crippen molar-refractivity contribution >= 4 is 16.9 Å². The summed E-state index contributed by atoms with van der Waals surface area (Å²) in [5.41, 5.74) is 3.28. The zero-order chi connectivity index (χ0) is 22.9. The molecule has 1 amide bonds. The van der Waals surface area contributed by atoms with Gasteiger partial charge in [0.2, 0.25) is 0 Å². The van der Waals surface area contributed by atoms with Crippen molar-refractivity contribution in [2.75, 3.05) is 19.8 Å². The largest absolute Gasteiger partial charge is 0.494 e. The van der Waals surface area contributed by atoms with E-state index in [9.17, 15) is 4.79 Å². The van der Waals surface area contributed by atoms with Crippen LogP contribution in [0, 0.1) is 6.92 Å². The molecule has 0 bridgehead atoms. The molecule has 4 rings (SSSR count). The van der Waals surface area contributed by atoms with Gasteiger partial charge in [0.1, 0.15) is 17.3 Å². The van der Waals surface area contributed by atoms with Gasteiger partial charge < -0.3 is 19.4 Å². The van der Waals surface area contributed by atoms with Crippen LogP contribution in [0.25, 0.3) is 11.0 Å². The summed E-state index contributed by atoms with van der Waals surface area (Å²) in [6, 6.07) is 25.5. The fourth-order valence-electron chi connectivity index (χ4n) is 3.64. The van der Waals surface area contributed by atoms with E-state index >= 15 is 0 Å². The van der Waals surface area contributed by atoms with E-state index in [1.54, 1.807) is 0 Å². The Morgan fingerprint density at radius 3 is 2.45 bits per heavy atom. The summed E-state index contributed by atoms with van der Waals surface area (Å²) in [6.07, 6.45) is 1.50. The van der Waals surface area contributed by atoms with E-state index in [4.69, 9.17) is 14.5 Å². The van der Waals surface area contributed by atoms with Crippen LogP contribution in [0.1, 0.15) is 17.8 Å². The number of hydrogen-bond donors (Lipinski definition) is 1. The van der Waals surface area contributed by atoms with E-state index in [2.05, 4.69) is 35.0 Å². The van der Waals surface area contributed by atoms with Crippen molar-refractivity contribution in [3.63, 3.8) is 0 Å². The third-order valence-corrected chi connectivity index (χ3v) is 5.33. The number of amides is 1. The monoisotopic (exact) mass is 443 g/mol. The molecule has 1 N–H and O–H groups in total. The first-order chi connectivity index (χ1) is 16.2. The Balaban J connectivity index is 1.29. The molecule has 0 aliphatic rings. The van der Waals surface area contributed by atoms with Crippen LogP contribution in [-0.4, -0.2) is 35.2 Å². The number of nitrogens with one attached hydrogen (secondary N) is 1. The highest BCUT2D eigenvalue weighted by molar-refractivity contribution is 5.77. The number of rotatable bonds is 11. The Bertz CT molecular complexity index is 1170. The van der Waals surface area contributed by atoms with E-state index in [1.165, 1.54) is 5.56 Å². The van der Waals surface area contributed by atoms with Crippen LogP contribution in [0.5, 0.6) is 11.5 Å². The standard InChI is InChI=1S/C27H29N3O3/c1-21-12-14-23(15-13-21)32-19-7-18-30-25-11-6-5-10-24(25)29-26(30)16-17-28-27(31)20-33-22-8-3-2-4-9-22/h2-6,8-15H,7,16-20H2,1H3,(H,28,31). The van der Waals surface area contributed by atoms with Gasteiger partial charge >= 0.3 is 0 Å². The minimum atomic E-state index is -0.145. The van der Waals surface area contributed by atoms with Crippen LogP contribution < -0.4 is 14.8 Å². The van der Waals surface area contributed by atoms with Crippen molar-refractivity contribution in [3.8, 4) is 11.5 Å². The summed E-state index contributed by atoms with van der Waals surface area (Å²) >= 11 is 0. The molecule has 33 heavy (non-hydrogen) atoms. The van der Waals surface area contributed by atoms with Gasteiger partial charge in [-0.1, -0.05) is 48.0 Å². The molecule has 6 nitrogen and oxygen atoms in total. The number of hydrogen-bond acceptors (Lipinski definition) is 4. The number of imidazole rings is 1. The topological polar surface area (TPSA) is 65.4 Å². The lowest BCUT2D eigenvalue weighted by Gasteiger charge is -2.11. The summed E-state index contributed by atoms with van der Waals surface area (Å²) in [7, 11) is 0. The molecule has 0 spiro atoms. The predicted octanol–water partition coefficient (Wildman–Crippen LogP) is 4.55. The SMILES string of the molecule is Cc1ccc(OCCCn2c(CCNC(=O)COc3ccccc3)nc3ccccc32)cc1. The van der Waals surface area contributed by atoms with Gasteiger partial charge in [-0.25, -0.2) is 4.98 Å². The molecule has 0 saturated heterocycles. The molecule has 0 aliphatic heterocycles. The van der Waals surface area contributed by atoms with Crippen LogP contribution >= 0.6 is 0 Å². The third kappa shape index (κ3) is 6.35. The molecule has 0 saturated carbocycles. The van der Waals surface area contributed by atoms with Gasteiger partial charge in [-0.15, -0.1) is 0 Å². The Labute approximate surface area is 194 Å². The lowest BCUT2D eigenvalue weighted by Crippen LogP contribution is -2.31. The summed E-state index contributed by atoms with van der Waals surface area (Å²) in [6.45, 7) is 3.99.